The van der Waals surface area contributed by atoms with Gasteiger partial charge < -0.3 is 5.32 Å². The lowest BCUT2D eigenvalue weighted by Gasteiger charge is -2.11. The molecule has 2 aromatic rings. The molecule has 1 N–H and O–H groups in total. The fourth-order valence-electron chi connectivity index (χ4n) is 2.30. The minimum Gasteiger partial charge on any atom is -0.335 e. The first-order chi connectivity index (χ1) is 9.20. The number of hydrogen-bond donors (Lipinski definition) is 1. The predicted molar refractivity (Wildman–Crippen MR) is 88.6 cm³/mol. The van der Waals surface area contributed by atoms with Gasteiger partial charge in [0.1, 0.15) is 0 Å². The minimum atomic E-state index is 0.646. The van der Waals surface area contributed by atoms with Crippen molar-refractivity contribution in [2.75, 3.05) is 11.9 Å². The van der Waals surface area contributed by atoms with Crippen molar-refractivity contribution in [3.05, 3.63) is 29.6 Å². The lowest BCUT2D eigenvalue weighted by atomic mass is 10.1. The molecule has 1 aromatic carbocycles. The number of fused-ring (bicyclic) bond motifs is 1. The first-order valence-corrected chi connectivity index (χ1v) is 8.42. The maximum atomic E-state index is 4.60. The summed E-state index contributed by atoms with van der Waals surface area (Å²) in [6, 6.07) is 8.67. The summed E-state index contributed by atoms with van der Waals surface area (Å²) in [7, 11) is 0. The number of anilines is 1. The third-order valence-corrected chi connectivity index (χ3v) is 5.18. The van der Waals surface area contributed by atoms with Crippen LogP contribution in [0.2, 0.25) is 0 Å². The molecule has 0 saturated carbocycles. The molecule has 0 radical (unpaired) electrons. The van der Waals surface area contributed by atoms with Gasteiger partial charge >= 0.3 is 0 Å². The average molecular weight is 290 g/mol. The van der Waals surface area contributed by atoms with Crippen molar-refractivity contribution >= 4 is 44.0 Å². The molecule has 2 heterocycles. The number of thioether (sulfide) groups is 1. The zero-order valence-electron chi connectivity index (χ0n) is 11.2. The van der Waals surface area contributed by atoms with Gasteiger partial charge in [0.25, 0.3) is 0 Å². The van der Waals surface area contributed by atoms with Crippen molar-refractivity contribution in [1.29, 1.82) is 0 Å². The van der Waals surface area contributed by atoms with E-state index in [9.17, 15) is 0 Å². The van der Waals surface area contributed by atoms with E-state index < -0.39 is 0 Å². The summed E-state index contributed by atoms with van der Waals surface area (Å²) in [4.78, 5) is 4.60. The maximum absolute atomic E-state index is 4.60. The number of nitrogens with zero attached hydrogens (tertiary/aromatic N) is 1. The molecule has 4 heteroatoms. The van der Waals surface area contributed by atoms with Crippen molar-refractivity contribution in [2.45, 2.75) is 25.5 Å². The van der Waals surface area contributed by atoms with Crippen LogP contribution in [0.4, 0.5) is 5.69 Å². The molecule has 0 bridgehead atoms. The molecule has 1 aliphatic heterocycles. The zero-order chi connectivity index (χ0) is 13.2. The molecule has 1 atom stereocenters. The summed E-state index contributed by atoms with van der Waals surface area (Å²) < 4.78 is 1.34. The molecule has 1 unspecified atom stereocenters. The van der Waals surface area contributed by atoms with Gasteiger partial charge in [0.2, 0.25) is 0 Å². The van der Waals surface area contributed by atoms with E-state index in [0.717, 1.165) is 23.3 Å². The molecular formula is C15H18N2S2. The fourth-order valence-corrected chi connectivity index (χ4v) is 4.35. The molecule has 0 fully saturated rings. The summed E-state index contributed by atoms with van der Waals surface area (Å²) in [5.74, 6) is 0.745. The van der Waals surface area contributed by atoms with E-state index in [1.165, 1.54) is 16.5 Å². The molecule has 0 aliphatic carbocycles. The van der Waals surface area contributed by atoms with Crippen LogP contribution >= 0.6 is 23.1 Å². The summed E-state index contributed by atoms with van der Waals surface area (Å²) in [5.41, 5.74) is 1.14. The third kappa shape index (κ3) is 3.12. The van der Waals surface area contributed by atoms with Gasteiger partial charge in [0, 0.05) is 15.6 Å². The number of thiophene rings is 1. The molecule has 1 aliphatic rings. The second-order valence-corrected chi connectivity index (χ2v) is 7.55. The second-order valence-electron chi connectivity index (χ2n) is 5.31. The number of amidine groups is 1. The van der Waals surface area contributed by atoms with Gasteiger partial charge in [-0.15, -0.1) is 11.3 Å². The van der Waals surface area contributed by atoms with Gasteiger partial charge in [-0.25, -0.2) is 0 Å². The van der Waals surface area contributed by atoms with Crippen molar-refractivity contribution < 1.29 is 0 Å². The van der Waals surface area contributed by atoms with Crippen LogP contribution in [0.3, 0.4) is 0 Å². The number of rotatable bonds is 3. The topological polar surface area (TPSA) is 24.4 Å². The number of hydrogen-bond acceptors (Lipinski definition) is 4. The Morgan fingerprint density at radius 2 is 2.26 bits per heavy atom. The summed E-state index contributed by atoms with van der Waals surface area (Å²) in [6.45, 7) is 5.50. The second kappa shape index (κ2) is 5.55. The molecule has 19 heavy (non-hydrogen) atoms. The Morgan fingerprint density at radius 3 is 3.11 bits per heavy atom. The molecule has 2 nitrogen and oxygen atoms in total. The molecule has 0 amide bonds. The van der Waals surface area contributed by atoms with E-state index in [0.29, 0.717) is 5.25 Å². The van der Waals surface area contributed by atoms with Crippen LogP contribution in [-0.4, -0.2) is 17.0 Å². The quantitative estimate of drug-likeness (QED) is 0.875. The predicted octanol–water partition coefficient (Wildman–Crippen LogP) is 4.83. The Morgan fingerprint density at radius 1 is 1.37 bits per heavy atom. The Kier molecular flexibility index (Phi) is 3.80. The van der Waals surface area contributed by atoms with Crippen LogP contribution in [0.15, 0.2) is 34.6 Å². The van der Waals surface area contributed by atoms with Gasteiger partial charge in [0.05, 0.1) is 6.54 Å². The lowest BCUT2D eigenvalue weighted by molar-refractivity contribution is 0.575. The van der Waals surface area contributed by atoms with Gasteiger partial charge in [-0.05, 0) is 47.4 Å². The highest BCUT2D eigenvalue weighted by Gasteiger charge is 2.20. The van der Waals surface area contributed by atoms with Crippen molar-refractivity contribution in [3.63, 3.8) is 0 Å². The molecule has 0 spiro atoms. The van der Waals surface area contributed by atoms with Crippen LogP contribution in [0.5, 0.6) is 0 Å². The first-order valence-electron chi connectivity index (χ1n) is 6.66. The van der Waals surface area contributed by atoms with E-state index in [1.807, 2.05) is 11.8 Å². The minimum absolute atomic E-state index is 0.646. The van der Waals surface area contributed by atoms with E-state index in [4.69, 9.17) is 0 Å². The standard InChI is InChI=1S/C15H18N2S2/c1-10(2)7-13-9-16-15(19-13)17-12-3-4-14-11(8-12)5-6-18-14/h3-6,8,10,13H,7,9H2,1-2H3,(H,16,17). The van der Waals surface area contributed by atoms with E-state index in [-0.39, 0.29) is 0 Å². The lowest BCUT2D eigenvalue weighted by Crippen LogP contribution is -2.09. The maximum Gasteiger partial charge on any atom is 0.161 e. The number of benzene rings is 1. The fraction of sp³-hybridized carbons (Fsp3) is 0.400. The van der Waals surface area contributed by atoms with E-state index >= 15 is 0 Å². The average Bonchev–Trinajstić information content (AvgIpc) is 2.97. The van der Waals surface area contributed by atoms with Crippen LogP contribution < -0.4 is 5.32 Å². The van der Waals surface area contributed by atoms with Crippen LogP contribution in [-0.2, 0) is 0 Å². The van der Waals surface area contributed by atoms with Gasteiger partial charge in [-0.2, -0.15) is 0 Å². The monoisotopic (exact) mass is 290 g/mol. The van der Waals surface area contributed by atoms with Crippen LogP contribution in [0, 0.1) is 5.92 Å². The van der Waals surface area contributed by atoms with Crippen molar-refractivity contribution in [1.82, 2.24) is 0 Å². The summed E-state index contributed by atoms with van der Waals surface area (Å²) in [5, 5.41) is 8.60. The third-order valence-electron chi connectivity index (χ3n) is 3.15. The van der Waals surface area contributed by atoms with Crippen LogP contribution in [0.1, 0.15) is 20.3 Å². The summed E-state index contributed by atoms with van der Waals surface area (Å²) in [6.07, 6.45) is 1.24. The molecule has 0 saturated heterocycles. The molecule has 1 aromatic heterocycles. The molecular weight excluding hydrogens is 272 g/mol. The Labute approximate surface area is 122 Å². The zero-order valence-corrected chi connectivity index (χ0v) is 12.9. The van der Waals surface area contributed by atoms with Crippen LogP contribution in [0.25, 0.3) is 10.1 Å². The highest BCUT2D eigenvalue weighted by molar-refractivity contribution is 8.15. The van der Waals surface area contributed by atoms with E-state index in [1.54, 1.807) is 11.3 Å². The molecule has 3 rings (SSSR count). The normalized spacial score (nSPS) is 19.1. The SMILES string of the molecule is CC(C)CC1CN=C(Nc2ccc3sccc3c2)S1. The largest absolute Gasteiger partial charge is 0.335 e. The Bertz CT molecular complexity index is 601. The first kappa shape index (κ1) is 13.0. The Balaban J connectivity index is 1.65. The van der Waals surface area contributed by atoms with E-state index in [2.05, 4.69) is 53.8 Å². The highest BCUT2D eigenvalue weighted by Crippen LogP contribution is 2.29. The summed E-state index contributed by atoms with van der Waals surface area (Å²) >= 11 is 3.67. The van der Waals surface area contributed by atoms with Gasteiger partial charge in [-0.1, -0.05) is 25.6 Å². The molecule has 100 valence electrons. The Hall–Kier alpha value is -1.00. The number of nitrogens with one attached hydrogen (secondary N) is 1. The smallest absolute Gasteiger partial charge is 0.161 e. The van der Waals surface area contributed by atoms with Crippen molar-refractivity contribution in [2.24, 2.45) is 10.9 Å². The van der Waals surface area contributed by atoms with Crippen molar-refractivity contribution in [3.8, 4) is 0 Å². The van der Waals surface area contributed by atoms with Gasteiger partial charge in [-0.3, -0.25) is 4.99 Å². The number of aliphatic imine (C=N–C) groups is 1. The highest BCUT2D eigenvalue weighted by atomic mass is 32.2. The van der Waals surface area contributed by atoms with Gasteiger partial charge in [0.15, 0.2) is 5.17 Å².